The minimum absolute atomic E-state index is 0.332. The van der Waals surface area contributed by atoms with Crippen LogP contribution in [0.4, 0.5) is 13.2 Å². The summed E-state index contributed by atoms with van der Waals surface area (Å²) in [5.41, 5.74) is 0. The van der Waals surface area contributed by atoms with E-state index in [1.165, 1.54) is 6.92 Å². The summed E-state index contributed by atoms with van der Waals surface area (Å²) in [6.07, 6.45) is 0. The summed E-state index contributed by atoms with van der Waals surface area (Å²) in [6.45, 7) is 0.929. The fraction of sp³-hybridized carbons (Fsp3) is 0.600. The third kappa shape index (κ3) is 2.21. The molecule has 0 saturated carbocycles. The Hall–Kier alpha value is -1.07. The van der Waals surface area contributed by atoms with Crippen molar-refractivity contribution in [3.05, 3.63) is 0 Å². The topological polar surface area (TPSA) is 43.4 Å². The summed E-state index contributed by atoms with van der Waals surface area (Å²) in [6, 6.07) is -3.00. The molecule has 0 aromatic carbocycles. The second-order valence-electron chi connectivity index (χ2n) is 1.57. The van der Waals surface area contributed by atoms with Crippen LogP contribution in [0.15, 0.2) is 0 Å². The second kappa shape index (κ2) is 3.36. The first kappa shape index (κ1) is 9.93. The van der Waals surface area contributed by atoms with E-state index in [2.05, 4.69) is 4.74 Å². The number of rotatable bonds is 3. The molecule has 0 rings (SSSR count). The Labute approximate surface area is 60.1 Å². The Morgan fingerprint density at radius 1 is 1.45 bits per heavy atom. The highest BCUT2D eigenvalue weighted by atomic mass is 19.3. The molecular weight excluding hydrogens is 165 g/mol. The van der Waals surface area contributed by atoms with Gasteiger partial charge in [0.05, 0.1) is 6.61 Å². The number of ether oxygens (including phenoxy) is 1. The van der Waals surface area contributed by atoms with E-state index in [0.717, 1.165) is 0 Å². The van der Waals surface area contributed by atoms with Crippen LogP contribution in [-0.4, -0.2) is 24.5 Å². The van der Waals surface area contributed by atoms with Gasteiger partial charge in [0.2, 0.25) is 0 Å². The van der Waals surface area contributed by atoms with E-state index in [4.69, 9.17) is 0 Å². The van der Waals surface area contributed by atoms with Gasteiger partial charge >= 0.3 is 17.9 Å². The molecule has 0 radical (unpaired) electrons. The molecule has 0 saturated heterocycles. The number of carbonyl (C=O) groups excluding carboxylic acids is 2. The van der Waals surface area contributed by atoms with Crippen LogP contribution < -0.4 is 0 Å². The summed E-state index contributed by atoms with van der Waals surface area (Å²) < 4.78 is 38.9. The van der Waals surface area contributed by atoms with Gasteiger partial charge in [0.25, 0.3) is 0 Å². The molecule has 6 heteroatoms. The summed E-state index contributed by atoms with van der Waals surface area (Å²) in [5.74, 6) is -6.82. The van der Waals surface area contributed by atoms with E-state index in [1.54, 1.807) is 0 Å². The predicted molar refractivity (Wildman–Crippen MR) is 27.7 cm³/mol. The van der Waals surface area contributed by atoms with Crippen molar-refractivity contribution < 1.29 is 27.5 Å². The van der Waals surface area contributed by atoms with Gasteiger partial charge in [-0.2, -0.15) is 13.2 Å². The molecule has 0 spiro atoms. The second-order valence-corrected chi connectivity index (χ2v) is 1.57. The monoisotopic (exact) mass is 170 g/mol. The normalized spacial score (nSPS) is 10.9. The first-order valence-corrected chi connectivity index (χ1v) is 2.68. The molecule has 0 unspecified atom stereocenters. The van der Waals surface area contributed by atoms with Gasteiger partial charge in [-0.05, 0) is 6.92 Å². The molecular formula is C5H5F3O3. The largest absolute Gasteiger partial charge is 0.461 e. The molecule has 0 aromatic rings. The van der Waals surface area contributed by atoms with Gasteiger partial charge in [0.1, 0.15) is 0 Å². The van der Waals surface area contributed by atoms with Crippen molar-refractivity contribution in [3.8, 4) is 0 Å². The van der Waals surface area contributed by atoms with Crippen LogP contribution in [0, 0.1) is 0 Å². The molecule has 11 heavy (non-hydrogen) atoms. The molecule has 3 nitrogen and oxygen atoms in total. The Bertz CT molecular complexity index is 178. The zero-order valence-corrected chi connectivity index (χ0v) is 5.57. The molecule has 0 aliphatic rings. The van der Waals surface area contributed by atoms with Crippen LogP contribution in [-0.2, 0) is 14.3 Å². The Morgan fingerprint density at radius 2 is 1.91 bits per heavy atom. The summed E-state index contributed by atoms with van der Waals surface area (Å²) in [7, 11) is 0. The standard InChI is InChI=1S/C5H5F3O3/c1-2-11-4(10)5(7,8)3(6)9/h2H2,1H3. The van der Waals surface area contributed by atoms with Gasteiger partial charge in [0.15, 0.2) is 0 Å². The lowest BCUT2D eigenvalue weighted by Gasteiger charge is -2.07. The van der Waals surface area contributed by atoms with Crippen LogP contribution in [0.2, 0.25) is 0 Å². The minimum Gasteiger partial charge on any atom is -0.461 e. The molecule has 0 bridgehead atoms. The lowest BCUT2D eigenvalue weighted by atomic mass is 10.4. The van der Waals surface area contributed by atoms with Crippen molar-refractivity contribution in [1.82, 2.24) is 0 Å². The van der Waals surface area contributed by atoms with Crippen molar-refractivity contribution >= 4 is 12.0 Å². The highest BCUT2D eigenvalue weighted by molar-refractivity contribution is 6.00. The van der Waals surface area contributed by atoms with Crippen LogP contribution in [0.5, 0.6) is 0 Å². The predicted octanol–water partition coefficient (Wildman–Crippen LogP) is 0.681. The third-order valence-corrected chi connectivity index (χ3v) is 0.779. The Balaban J connectivity index is 4.30. The lowest BCUT2D eigenvalue weighted by Crippen LogP contribution is -2.37. The molecule has 0 aliphatic carbocycles. The highest BCUT2D eigenvalue weighted by Crippen LogP contribution is 2.17. The van der Waals surface area contributed by atoms with E-state index in [9.17, 15) is 22.8 Å². The van der Waals surface area contributed by atoms with Gasteiger partial charge in [-0.1, -0.05) is 0 Å². The first-order chi connectivity index (χ1) is 4.92. The number of hydrogen-bond acceptors (Lipinski definition) is 3. The van der Waals surface area contributed by atoms with Crippen molar-refractivity contribution in [3.63, 3.8) is 0 Å². The van der Waals surface area contributed by atoms with Gasteiger partial charge in [-0.15, -0.1) is 0 Å². The fourth-order valence-corrected chi connectivity index (χ4v) is 0.302. The van der Waals surface area contributed by atoms with Gasteiger partial charge in [-0.25, -0.2) is 4.79 Å². The fourth-order valence-electron chi connectivity index (χ4n) is 0.302. The maximum absolute atomic E-state index is 11.9. The van der Waals surface area contributed by atoms with Crippen molar-refractivity contribution in [1.29, 1.82) is 0 Å². The van der Waals surface area contributed by atoms with E-state index in [-0.39, 0.29) is 6.61 Å². The number of hydrogen-bond donors (Lipinski definition) is 0. The number of carbonyl (C=O) groups is 2. The first-order valence-electron chi connectivity index (χ1n) is 2.68. The molecule has 0 N–H and O–H groups in total. The van der Waals surface area contributed by atoms with E-state index < -0.39 is 17.9 Å². The Kier molecular flexibility index (Phi) is 3.03. The van der Waals surface area contributed by atoms with Gasteiger partial charge < -0.3 is 4.74 Å². The van der Waals surface area contributed by atoms with Crippen molar-refractivity contribution in [2.75, 3.05) is 6.61 Å². The van der Waals surface area contributed by atoms with Crippen LogP contribution in [0.25, 0.3) is 0 Å². The molecule has 0 fully saturated rings. The molecule has 0 atom stereocenters. The maximum atomic E-state index is 11.9. The zero-order valence-electron chi connectivity index (χ0n) is 5.57. The molecule has 64 valence electrons. The SMILES string of the molecule is CCOC(=O)C(F)(F)C(=O)F. The lowest BCUT2D eigenvalue weighted by molar-refractivity contribution is -0.181. The zero-order chi connectivity index (χ0) is 9.07. The quantitative estimate of drug-likeness (QED) is 0.355. The maximum Gasteiger partial charge on any atom is 0.430 e. The molecule has 0 heterocycles. The van der Waals surface area contributed by atoms with Gasteiger partial charge in [0, 0.05) is 0 Å². The van der Waals surface area contributed by atoms with E-state index >= 15 is 0 Å². The number of halogens is 3. The van der Waals surface area contributed by atoms with Crippen molar-refractivity contribution in [2.24, 2.45) is 0 Å². The average Bonchev–Trinajstić information content (AvgIpc) is 1.88. The molecule has 0 amide bonds. The van der Waals surface area contributed by atoms with Crippen molar-refractivity contribution in [2.45, 2.75) is 12.8 Å². The van der Waals surface area contributed by atoms with Gasteiger partial charge in [-0.3, -0.25) is 4.79 Å². The Morgan fingerprint density at radius 3 is 2.18 bits per heavy atom. The average molecular weight is 170 g/mol. The number of esters is 1. The van der Waals surface area contributed by atoms with E-state index in [0.29, 0.717) is 0 Å². The molecule has 0 aromatic heterocycles. The van der Waals surface area contributed by atoms with Crippen LogP contribution in [0.1, 0.15) is 6.92 Å². The number of alkyl halides is 2. The van der Waals surface area contributed by atoms with Crippen LogP contribution in [0.3, 0.4) is 0 Å². The summed E-state index contributed by atoms with van der Waals surface area (Å²) in [4.78, 5) is 19.5. The summed E-state index contributed by atoms with van der Waals surface area (Å²) >= 11 is 0. The smallest absolute Gasteiger partial charge is 0.430 e. The van der Waals surface area contributed by atoms with Crippen LogP contribution >= 0.6 is 0 Å². The third-order valence-electron chi connectivity index (χ3n) is 0.779. The summed E-state index contributed by atoms with van der Waals surface area (Å²) in [5, 5.41) is 0. The molecule has 0 aliphatic heterocycles. The highest BCUT2D eigenvalue weighted by Gasteiger charge is 2.49. The minimum atomic E-state index is -4.66. The van der Waals surface area contributed by atoms with E-state index in [1.807, 2.05) is 0 Å².